The molecule has 2 rings (SSSR count). The summed E-state index contributed by atoms with van der Waals surface area (Å²) in [6, 6.07) is 0.720. The van der Waals surface area contributed by atoms with Crippen LogP contribution < -0.4 is 0 Å². The van der Waals surface area contributed by atoms with E-state index in [0.29, 0.717) is 6.54 Å². The van der Waals surface area contributed by atoms with Crippen molar-refractivity contribution in [3.05, 3.63) is 17.0 Å². The predicted octanol–water partition coefficient (Wildman–Crippen LogP) is 2.65. The Kier molecular flexibility index (Phi) is 5.61. The zero-order valence-electron chi connectivity index (χ0n) is 13.2. The van der Waals surface area contributed by atoms with Crippen LogP contribution in [0.2, 0.25) is 0 Å². The molecule has 4 nitrogen and oxygen atoms in total. The molecular formula is C16H29N3O. The highest BCUT2D eigenvalue weighted by molar-refractivity contribution is 5.24. The van der Waals surface area contributed by atoms with Crippen molar-refractivity contribution in [2.24, 2.45) is 0 Å². The van der Waals surface area contributed by atoms with Crippen molar-refractivity contribution in [1.82, 2.24) is 14.7 Å². The van der Waals surface area contributed by atoms with E-state index in [4.69, 9.17) is 5.11 Å². The van der Waals surface area contributed by atoms with Crippen molar-refractivity contribution in [3.8, 4) is 0 Å². The van der Waals surface area contributed by atoms with Gasteiger partial charge in [-0.25, -0.2) is 0 Å². The molecule has 114 valence electrons. The summed E-state index contributed by atoms with van der Waals surface area (Å²) in [5.74, 6) is 0. The normalized spacial score (nSPS) is 17.6. The molecule has 0 unspecified atom stereocenters. The molecular weight excluding hydrogens is 250 g/mol. The van der Waals surface area contributed by atoms with Gasteiger partial charge < -0.3 is 5.11 Å². The minimum atomic E-state index is 0.153. The number of nitrogens with zero attached hydrogens (tertiary/aromatic N) is 3. The van der Waals surface area contributed by atoms with Gasteiger partial charge in [-0.05, 0) is 33.7 Å². The summed E-state index contributed by atoms with van der Waals surface area (Å²) in [6.07, 6.45) is 8.21. The van der Waals surface area contributed by atoms with E-state index in [1.807, 2.05) is 4.68 Å². The molecule has 1 fully saturated rings. The zero-order valence-corrected chi connectivity index (χ0v) is 13.2. The van der Waals surface area contributed by atoms with Crippen LogP contribution in [0.3, 0.4) is 0 Å². The Morgan fingerprint density at radius 3 is 2.45 bits per heavy atom. The topological polar surface area (TPSA) is 41.3 Å². The molecule has 1 aromatic rings. The third-order valence-electron chi connectivity index (χ3n) is 4.70. The molecule has 1 aliphatic carbocycles. The molecule has 0 spiro atoms. The summed E-state index contributed by atoms with van der Waals surface area (Å²) < 4.78 is 1.94. The van der Waals surface area contributed by atoms with E-state index in [9.17, 15) is 0 Å². The first kappa shape index (κ1) is 15.5. The lowest BCUT2D eigenvalue weighted by Crippen LogP contribution is -2.31. The van der Waals surface area contributed by atoms with Gasteiger partial charge in [0.2, 0.25) is 0 Å². The lowest BCUT2D eigenvalue weighted by atomic mass is 10.1. The maximum Gasteiger partial charge on any atom is 0.0644 e. The average Bonchev–Trinajstić information content (AvgIpc) is 2.67. The van der Waals surface area contributed by atoms with Crippen molar-refractivity contribution in [2.45, 2.75) is 71.5 Å². The van der Waals surface area contributed by atoms with Crippen LogP contribution in [-0.4, -0.2) is 39.5 Å². The fourth-order valence-corrected chi connectivity index (χ4v) is 3.35. The average molecular weight is 279 g/mol. The van der Waals surface area contributed by atoms with Crippen LogP contribution in [0, 0.1) is 13.8 Å². The van der Waals surface area contributed by atoms with E-state index in [-0.39, 0.29) is 6.61 Å². The molecule has 1 saturated carbocycles. The molecule has 1 aliphatic rings. The first-order valence-electron chi connectivity index (χ1n) is 7.97. The molecule has 4 heteroatoms. The molecule has 0 aliphatic heterocycles. The quantitative estimate of drug-likeness (QED) is 0.843. The van der Waals surface area contributed by atoms with Crippen LogP contribution in [0.1, 0.15) is 55.5 Å². The van der Waals surface area contributed by atoms with Crippen molar-refractivity contribution in [2.75, 3.05) is 13.7 Å². The van der Waals surface area contributed by atoms with Gasteiger partial charge in [-0.3, -0.25) is 9.58 Å². The van der Waals surface area contributed by atoms with Gasteiger partial charge in [-0.1, -0.05) is 25.7 Å². The third kappa shape index (κ3) is 3.61. The van der Waals surface area contributed by atoms with Crippen LogP contribution in [-0.2, 0) is 13.1 Å². The number of aromatic nitrogens is 2. The van der Waals surface area contributed by atoms with Gasteiger partial charge in [-0.15, -0.1) is 0 Å². The fourth-order valence-electron chi connectivity index (χ4n) is 3.35. The van der Waals surface area contributed by atoms with E-state index in [1.165, 1.54) is 49.8 Å². The molecule has 0 aromatic carbocycles. The first-order valence-corrected chi connectivity index (χ1v) is 7.97. The molecule has 1 N–H and O–H groups in total. The van der Waals surface area contributed by atoms with E-state index in [0.717, 1.165) is 18.3 Å². The molecule has 0 bridgehead atoms. The lowest BCUT2D eigenvalue weighted by molar-refractivity contribution is 0.212. The number of rotatable bonds is 5. The summed E-state index contributed by atoms with van der Waals surface area (Å²) in [5.41, 5.74) is 3.65. The maximum absolute atomic E-state index is 9.09. The maximum atomic E-state index is 9.09. The van der Waals surface area contributed by atoms with Crippen LogP contribution in [0.4, 0.5) is 0 Å². The summed E-state index contributed by atoms with van der Waals surface area (Å²) in [5, 5.41) is 13.6. The van der Waals surface area contributed by atoms with E-state index < -0.39 is 0 Å². The van der Waals surface area contributed by atoms with Crippen LogP contribution in [0.5, 0.6) is 0 Å². The first-order chi connectivity index (χ1) is 9.63. The lowest BCUT2D eigenvalue weighted by Gasteiger charge is -2.27. The summed E-state index contributed by atoms with van der Waals surface area (Å²) in [7, 11) is 2.25. The Bertz CT molecular complexity index is 420. The van der Waals surface area contributed by atoms with E-state index in [1.54, 1.807) is 0 Å². The van der Waals surface area contributed by atoms with Gasteiger partial charge in [0.05, 0.1) is 18.8 Å². The Labute approximate surface area is 122 Å². The molecule has 1 heterocycles. The van der Waals surface area contributed by atoms with Gasteiger partial charge in [0, 0.05) is 23.8 Å². The SMILES string of the molecule is Cc1nn(CCO)c(C)c1CN(C)C1CCCCCC1. The number of aliphatic hydroxyl groups is 1. The van der Waals surface area contributed by atoms with Crippen LogP contribution >= 0.6 is 0 Å². The highest BCUT2D eigenvalue weighted by Gasteiger charge is 2.20. The summed E-state index contributed by atoms with van der Waals surface area (Å²) in [6.45, 7) is 5.93. The van der Waals surface area contributed by atoms with Crippen LogP contribution in [0.15, 0.2) is 0 Å². The van der Waals surface area contributed by atoms with Crippen LogP contribution in [0.25, 0.3) is 0 Å². The highest BCUT2D eigenvalue weighted by atomic mass is 16.3. The molecule has 0 amide bonds. The van der Waals surface area contributed by atoms with Gasteiger partial charge in [-0.2, -0.15) is 5.10 Å². The molecule has 0 saturated heterocycles. The smallest absolute Gasteiger partial charge is 0.0644 e. The largest absolute Gasteiger partial charge is 0.394 e. The predicted molar refractivity (Wildman–Crippen MR) is 81.7 cm³/mol. The Morgan fingerprint density at radius 2 is 1.85 bits per heavy atom. The second-order valence-electron chi connectivity index (χ2n) is 6.16. The third-order valence-corrected chi connectivity index (χ3v) is 4.70. The van der Waals surface area contributed by atoms with Gasteiger partial charge >= 0.3 is 0 Å². The van der Waals surface area contributed by atoms with Crippen molar-refractivity contribution >= 4 is 0 Å². The number of hydrogen-bond donors (Lipinski definition) is 1. The number of aryl methyl sites for hydroxylation is 1. The molecule has 1 aromatic heterocycles. The van der Waals surface area contributed by atoms with Gasteiger partial charge in [0.25, 0.3) is 0 Å². The van der Waals surface area contributed by atoms with Gasteiger partial charge in [0.15, 0.2) is 0 Å². The van der Waals surface area contributed by atoms with Crippen molar-refractivity contribution in [1.29, 1.82) is 0 Å². The minimum Gasteiger partial charge on any atom is -0.394 e. The second kappa shape index (κ2) is 7.23. The zero-order chi connectivity index (χ0) is 14.5. The Balaban J connectivity index is 2.04. The Hall–Kier alpha value is -0.870. The highest BCUT2D eigenvalue weighted by Crippen LogP contribution is 2.23. The van der Waals surface area contributed by atoms with Crippen molar-refractivity contribution < 1.29 is 5.11 Å². The summed E-state index contributed by atoms with van der Waals surface area (Å²) in [4.78, 5) is 2.51. The molecule has 0 radical (unpaired) electrons. The second-order valence-corrected chi connectivity index (χ2v) is 6.16. The number of hydrogen-bond acceptors (Lipinski definition) is 3. The van der Waals surface area contributed by atoms with E-state index >= 15 is 0 Å². The Morgan fingerprint density at radius 1 is 1.20 bits per heavy atom. The standard InChI is InChI=1S/C16H29N3O/c1-13-16(14(2)19(17-13)10-11-20)12-18(3)15-8-6-4-5-7-9-15/h15,20H,4-12H2,1-3H3. The summed E-state index contributed by atoms with van der Waals surface area (Å²) >= 11 is 0. The monoisotopic (exact) mass is 279 g/mol. The van der Waals surface area contributed by atoms with Gasteiger partial charge in [0.1, 0.15) is 0 Å². The molecule has 20 heavy (non-hydrogen) atoms. The van der Waals surface area contributed by atoms with E-state index in [2.05, 4.69) is 30.9 Å². The molecule has 0 atom stereocenters. The number of aliphatic hydroxyl groups excluding tert-OH is 1. The van der Waals surface area contributed by atoms with Crippen molar-refractivity contribution in [3.63, 3.8) is 0 Å². The minimum absolute atomic E-state index is 0.153. The fraction of sp³-hybridized carbons (Fsp3) is 0.812.